The van der Waals surface area contributed by atoms with Gasteiger partial charge in [0, 0.05) is 35.9 Å². The summed E-state index contributed by atoms with van der Waals surface area (Å²) in [6.07, 6.45) is 5.27. The Morgan fingerprint density at radius 1 is 1.29 bits per heavy atom. The van der Waals surface area contributed by atoms with E-state index in [9.17, 15) is 18.9 Å². The molecule has 2 amide bonds. The van der Waals surface area contributed by atoms with Crippen molar-refractivity contribution < 1.29 is 18.9 Å². The van der Waals surface area contributed by atoms with Gasteiger partial charge in [-0.05, 0) is 38.0 Å². The Morgan fingerprint density at radius 2 is 1.90 bits per heavy atom. The summed E-state index contributed by atoms with van der Waals surface area (Å²) in [5.41, 5.74) is -0.825. The van der Waals surface area contributed by atoms with Crippen LogP contribution in [0.2, 0.25) is 0 Å². The summed E-state index contributed by atoms with van der Waals surface area (Å²) in [4.78, 5) is 23.2. The maximum absolute atomic E-state index is 11.7. The molecule has 0 radical (unpaired) electrons. The summed E-state index contributed by atoms with van der Waals surface area (Å²) in [5.74, 6) is 0.286. The summed E-state index contributed by atoms with van der Waals surface area (Å²) in [6, 6.07) is -0.351. The average molecular weight is 318 g/mol. The number of hydrogen-bond acceptors (Lipinski definition) is 3. The topological polar surface area (TPSA) is 95.5 Å². The van der Waals surface area contributed by atoms with Crippen LogP contribution in [0.1, 0.15) is 39.0 Å². The van der Waals surface area contributed by atoms with Gasteiger partial charge in [0.2, 0.25) is 0 Å². The van der Waals surface area contributed by atoms with Crippen molar-refractivity contribution in [3.8, 4) is 0 Å². The molecule has 1 unspecified atom stereocenters. The highest BCUT2D eigenvalue weighted by atomic mass is 32.2. The van der Waals surface area contributed by atoms with Gasteiger partial charge in [-0.15, -0.1) is 0 Å². The van der Waals surface area contributed by atoms with Gasteiger partial charge < -0.3 is 15.7 Å². The molecule has 0 bridgehead atoms. The molecule has 0 aliphatic heterocycles. The number of carbonyl (C=O) groups is 2. The van der Waals surface area contributed by atoms with Gasteiger partial charge in [-0.2, -0.15) is 0 Å². The third-order valence-corrected chi connectivity index (χ3v) is 5.03. The molecule has 0 aromatic rings. The molecule has 6 nitrogen and oxygen atoms in total. The second kappa shape index (κ2) is 8.36. The summed E-state index contributed by atoms with van der Waals surface area (Å²) >= 11 is 0. The second-order valence-electron chi connectivity index (χ2n) is 6.01. The first-order valence-electron chi connectivity index (χ1n) is 7.41. The standard InChI is InChI=1S/C14H26N2O4S/c1-11-4-6-14(7-5-11,12(17)18)10-16-13(19)15-8-3-9-21(2)20/h11H,3-10H2,1-2H3,(H,17,18)(H2,15,16,19). The number of hydrogen-bond donors (Lipinski definition) is 3. The number of carboxylic acids is 1. The van der Waals surface area contributed by atoms with E-state index >= 15 is 0 Å². The number of aliphatic carboxylic acids is 1. The largest absolute Gasteiger partial charge is 0.481 e. The zero-order chi connectivity index (χ0) is 15.9. The first-order chi connectivity index (χ1) is 9.85. The number of rotatable bonds is 7. The Hall–Kier alpha value is -1.11. The minimum Gasteiger partial charge on any atom is -0.481 e. The maximum Gasteiger partial charge on any atom is 0.314 e. The molecule has 1 saturated carbocycles. The molecule has 1 aliphatic carbocycles. The van der Waals surface area contributed by atoms with E-state index in [0.29, 0.717) is 37.5 Å². The summed E-state index contributed by atoms with van der Waals surface area (Å²) < 4.78 is 10.9. The molecule has 1 aliphatic rings. The average Bonchev–Trinajstić information content (AvgIpc) is 2.43. The Morgan fingerprint density at radius 3 is 2.43 bits per heavy atom. The Labute approximate surface area is 128 Å². The lowest BCUT2D eigenvalue weighted by atomic mass is 9.71. The normalized spacial score (nSPS) is 26.9. The molecule has 21 heavy (non-hydrogen) atoms. The Kier molecular flexibility index (Phi) is 7.14. The van der Waals surface area contributed by atoms with Crippen molar-refractivity contribution in [3.63, 3.8) is 0 Å². The zero-order valence-electron chi connectivity index (χ0n) is 12.8. The predicted octanol–water partition coefficient (Wildman–Crippen LogP) is 1.34. The van der Waals surface area contributed by atoms with E-state index in [1.165, 1.54) is 0 Å². The van der Waals surface area contributed by atoms with Gasteiger partial charge in [-0.3, -0.25) is 9.00 Å². The van der Waals surface area contributed by atoms with Crippen molar-refractivity contribution in [3.05, 3.63) is 0 Å². The molecule has 0 aromatic carbocycles. The smallest absolute Gasteiger partial charge is 0.314 e. The molecule has 1 fully saturated rings. The lowest BCUT2D eigenvalue weighted by Gasteiger charge is -2.35. The van der Waals surface area contributed by atoms with E-state index in [2.05, 4.69) is 17.6 Å². The third kappa shape index (κ3) is 6.03. The number of urea groups is 1. The maximum atomic E-state index is 11.7. The van der Waals surface area contributed by atoms with Crippen molar-refractivity contribution >= 4 is 22.8 Å². The number of nitrogens with one attached hydrogen (secondary N) is 2. The summed E-state index contributed by atoms with van der Waals surface area (Å²) in [6.45, 7) is 2.74. The fraction of sp³-hybridized carbons (Fsp3) is 0.857. The van der Waals surface area contributed by atoms with Crippen molar-refractivity contribution in [2.75, 3.05) is 25.1 Å². The number of carboxylic acid groups (broad SMARTS) is 1. The molecule has 1 atom stereocenters. The number of carbonyl (C=O) groups excluding carboxylic acids is 1. The molecule has 7 heteroatoms. The lowest BCUT2D eigenvalue weighted by molar-refractivity contribution is -0.151. The molecular weight excluding hydrogens is 292 g/mol. The highest BCUT2D eigenvalue weighted by Gasteiger charge is 2.41. The van der Waals surface area contributed by atoms with Crippen LogP contribution < -0.4 is 10.6 Å². The van der Waals surface area contributed by atoms with E-state index in [0.717, 1.165) is 12.8 Å². The van der Waals surface area contributed by atoms with E-state index in [1.807, 2.05) is 0 Å². The fourth-order valence-electron chi connectivity index (χ4n) is 2.57. The van der Waals surface area contributed by atoms with E-state index in [1.54, 1.807) is 6.26 Å². The molecular formula is C14H26N2O4S. The summed E-state index contributed by atoms with van der Waals surface area (Å²) in [5, 5.41) is 14.8. The zero-order valence-corrected chi connectivity index (χ0v) is 13.6. The van der Waals surface area contributed by atoms with Gasteiger partial charge in [-0.1, -0.05) is 6.92 Å². The van der Waals surface area contributed by atoms with Crippen LogP contribution in [0.5, 0.6) is 0 Å². The number of amides is 2. The van der Waals surface area contributed by atoms with Gasteiger partial charge in [0.05, 0.1) is 5.41 Å². The van der Waals surface area contributed by atoms with Crippen LogP contribution >= 0.6 is 0 Å². The molecule has 0 saturated heterocycles. The summed E-state index contributed by atoms with van der Waals surface area (Å²) in [7, 11) is -0.854. The van der Waals surface area contributed by atoms with Crippen molar-refractivity contribution in [1.29, 1.82) is 0 Å². The second-order valence-corrected chi connectivity index (χ2v) is 7.56. The molecule has 0 spiro atoms. The van der Waals surface area contributed by atoms with Crippen LogP contribution in [0, 0.1) is 11.3 Å². The molecule has 3 N–H and O–H groups in total. The fourth-order valence-corrected chi connectivity index (χ4v) is 3.12. The predicted molar refractivity (Wildman–Crippen MR) is 82.7 cm³/mol. The van der Waals surface area contributed by atoms with Crippen LogP contribution in [-0.2, 0) is 15.6 Å². The van der Waals surface area contributed by atoms with E-state index < -0.39 is 22.2 Å². The van der Waals surface area contributed by atoms with Gasteiger partial charge in [-0.25, -0.2) is 4.79 Å². The van der Waals surface area contributed by atoms with E-state index in [4.69, 9.17) is 0 Å². The SMILES string of the molecule is CC1CCC(CNC(=O)NCCCS(C)=O)(C(=O)O)CC1. The minimum absolute atomic E-state index is 0.167. The van der Waals surface area contributed by atoms with E-state index in [-0.39, 0.29) is 12.6 Å². The Balaban J connectivity index is 2.35. The van der Waals surface area contributed by atoms with Crippen molar-refractivity contribution in [2.45, 2.75) is 39.0 Å². The molecule has 122 valence electrons. The van der Waals surface area contributed by atoms with Gasteiger partial charge in [0.1, 0.15) is 0 Å². The monoisotopic (exact) mass is 318 g/mol. The quantitative estimate of drug-likeness (QED) is 0.617. The third-order valence-electron chi connectivity index (χ3n) is 4.17. The van der Waals surface area contributed by atoms with Gasteiger partial charge in [0.25, 0.3) is 0 Å². The highest BCUT2D eigenvalue weighted by molar-refractivity contribution is 7.84. The van der Waals surface area contributed by atoms with Crippen molar-refractivity contribution in [2.24, 2.45) is 11.3 Å². The molecule has 0 heterocycles. The van der Waals surface area contributed by atoms with Crippen LogP contribution in [0.3, 0.4) is 0 Å². The first-order valence-corrected chi connectivity index (χ1v) is 9.13. The highest BCUT2D eigenvalue weighted by Crippen LogP contribution is 2.38. The molecule has 1 rings (SSSR count). The van der Waals surface area contributed by atoms with Crippen LogP contribution in [0.4, 0.5) is 4.79 Å². The Bertz CT molecular complexity index is 392. The van der Waals surface area contributed by atoms with Crippen LogP contribution in [-0.4, -0.2) is 46.4 Å². The van der Waals surface area contributed by atoms with Gasteiger partial charge >= 0.3 is 12.0 Å². The van der Waals surface area contributed by atoms with Crippen LogP contribution in [0.25, 0.3) is 0 Å². The van der Waals surface area contributed by atoms with Crippen molar-refractivity contribution in [1.82, 2.24) is 10.6 Å². The van der Waals surface area contributed by atoms with Crippen LogP contribution in [0.15, 0.2) is 0 Å². The minimum atomic E-state index is -0.854. The first kappa shape index (κ1) is 17.9. The van der Waals surface area contributed by atoms with Gasteiger partial charge in [0.15, 0.2) is 0 Å². The molecule has 0 aromatic heterocycles. The lowest BCUT2D eigenvalue weighted by Crippen LogP contribution is -2.48.